The third-order valence-electron chi connectivity index (χ3n) is 2.84. The van der Waals surface area contributed by atoms with E-state index in [1.807, 2.05) is 0 Å². The molecule has 1 aromatic carbocycles. The maximum Gasteiger partial charge on any atom is 0.0355 e. The van der Waals surface area contributed by atoms with Crippen molar-refractivity contribution in [1.82, 2.24) is 0 Å². The highest BCUT2D eigenvalue weighted by molar-refractivity contribution is 5.41. The molecule has 1 aliphatic rings. The van der Waals surface area contributed by atoms with Crippen molar-refractivity contribution < 1.29 is 0 Å². The van der Waals surface area contributed by atoms with Crippen LogP contribution in [0.1, 0.15) is 37.0 Å². The zero-order chi connectivity index (χ0) is 9.47. The van der Waals surface area contributed by atoms with E-state index in [1.165, 1.54) is 36.0 Å². The molecule has 13 heavy (non-hydrogen) atoms. The van der Waals surface area contributed by atoms with Crippen LogP contribution in [0, 0.1) is 0 Å². The second-order valence-electron chi connectivity index (χ2n) is 4.52. The summed E-state index contributed by atoms with van der Waals surface area (Å²) in [4.78, 5) is 0. The highest BCUT2D eigenvalue weighted by Gasteiger charge is 2.22. The lowest BCUT2D eigenvalue weighted by atomic mass is 9.89. The van der Waals surface area contributed by atoms with Crippen LogP contribution >= 0.6 is 0 Å². The van der Waals surface area contributed by atoms with Crippen LogP contribution in [0.3, 0.4) is 0 Å². The molecule has 0 saturated carbocycles. The second kappa shape index (κ2) is 2.85. The summed E-state index contributed by atoms with van der Waals surface area (Å²) in [6, 6.07) is 6.54. The number of fused-ring (bicyclic) bond motifs is 1. The second-order valence-corrected chi connectivity index (χ2v) is 4.52. The van der Waals surface area contributed by atoms with Gasteiger partial charge in [0.2, 0.25) is 0 Å². The maximum atomic E-state index is 6.13. The highest BCUT2D eigenvalue weighted by Crippen LogP contribution is 2.30. The minimum Gasteiger partial charge on any atom is -0.322 e. The van der Waals surface area contributed by atoms with Gasteiger partial charge in [-0.05, 0) is 49.8 Å². The minimum absolute atomic E-state index is 0.185. The largest absolute Gasteiger partial charge is 0.322 e. The first-order chi connectivity index (χ1) is 6.09. The summed E-state index contributed by atoms with van der Waals surface area (Å²) < 4.78 is 0. The van der Waals surface area contributed by atoms with Crippen molar-refractivity contribution in [2.75, 3.05) is 0 Å². The van der Waals surface area contributed by atoms with E-state index in [0.717, 1.165) is 0 Å². The summed E-state index contributed by atoms with van der Waals surface area (Å²) in [5.41, 5.74) is 10.3. The number of rotatable bonds is 1. The van der Waals surface area contributed by atoms with Gasteiger partial charge in [-0.1, -0.05) is 18.2 Å². The number of aryl methyl sites for hydroxylation is 1. The van der Waals surface area contributed by atoms with Crippen LogP contribution in [-0.4, -0.2) is 0 Å². The maximum absolute atomic E-state index is 6.13. The van der Waals surface area contributed by atoms with E-state index in [4.69, 9.17) is 5.73 Å². The summed E-state index contributed by atoms with van der Waals surface area (Å²) in [5.74, 6) is 0. The van der Waals surface area contributed by atoms with Gasteiger partial charge in [-0.3, -0.25) is 0 Å². The highest BCUT2D eigenvalue weighted by atomic mass is 14.7. The molecule has 0 aliphatic heterocycles. The molecule has 0 aromatic heterocycles. The zero-order valence-electron chi connectivity index (χ0n) is 8.43. The quantitative estimate of drug-likeness (QED) is 0.696. The fourth-order valence-corrected chi connectivity index (χ4v) is 2.22. The Kier molecular flexibility index (Phi) is 1.92. The van der Waals surface area contributed by atoms with Crippen LogP contribution in [0.25, 0.3) is 0 Å². The smallest absolute Gasteiger partial charge is 0.0355 e. The molecule has 0 bridgehead atoms. The SMILES string of the molecule is CC(C)(N)c1cccc2c1CCC2. The monoisotopic (exact) mass is 175 g/mol. The number of nitrogens with two attached hydrogens (primary N) is 1. The fourth-order valence-electron chi connectivity index (χ4n) is 2.22. The first-order valence-corrected chi connectivity index (χ1v) is 4.99. The van der Waals surface area contributed by atoms with E-state index in [9.17, 15) is 0 Å². The molecule has 0 atom stereocenters. The van der Waals surface area contributed by atoms with Gasteiger partial charge >= 0.3 is 0 Å². The van der Waals surface area contributed by atoms with Gasteiger partial charge in [0.05, 0.1) is 0 Å². The summed E-state index contributed by atoms with van der Waals surface area (Å²) in [7, 11) is 0. The lowest BCUT2D eigenvalue weighted by molar-refractivity contribution is 0.549. The van der Waals surface area contributed by atoms with Crippen LogP contribution in [0.5, 0.6) is 0 Å². The van der Waals surface area contributed by atoms with Gasteiger partial charge in [0, 0.05) is 5.54 Å². The molecule has 0 amide bonds. The molecule has 2 N–H and O–H groups in total. The molecule has 70 valence electrons. The Morgan fingerprint density at radius 1 is 1.23 bits per heavy atom. The van der Waals surface area contributed by atoms with E-state index in [2.05, 4.69) is 32.0 Å². The van der Waals surface area contributed by atoms with Gasteiger partial charge in [0.15, 0.2) is 0 Å². The van der Waals surface area contributed by atoms with Crippen molar-refractivity contribution in [3.63, 3.8) is 0 Å². The Hall–Kier alpha value is -0.820. The first-order valence-electron chi connectivity index (χ1n) is 4.99. The van der Waals surface area contributed by atoms with Crippen molar-refractivity contribution in [2.24, 2.45) is 5.73 Å². The molecule has 1 aromatic rings. The van der Waals surface area contributed by atoms with Crippen molar-refractivity contribution >= 4 is 0 Å². The molecule has 0 heterocycles. The average Bonchev–Trinajstić information content (AvgIpc) is 2.48. The summed E-state index contributed by atoms with van der Waals surface area (Å²) in [6.07, 6.45) is 3.74. The van der Waals surface area contributed by atoms with Gasteiger partial charge in [-0.15, -0.1) is 0 Å². The van der Waals surface area contributed by atoms with Gasteiger partial charge in [0.1, 0.15) is 0 Å². The molecule has 1 heteroatoms. The summed E-state index contributed by atoms with van der Waals surface area (Å²) >= 11 is 0. The van der Waals surface area contributed by atoms with Crippen molar-refractivity contribution in [3.05, 3.63) is 34.9 Å². The van der Waals surface area contributed by atoms with Crippen LogP contribution in [-0.2, 0) is 18.4 Å². The van der Waals surface area contributed by atoms with Crippen LogP contribution < -0.4 is 5.73 Å². The third kappa shape index (κ3) is 1.49. The Labute approximate surface area is 80.0 Å². The Morgan fingerprint density at radius 3 is 2.69 bits per heavy atom. The third-order valence-corrected chi connectivity index (χ3v) is 2.84. The number of hydrogen-bond donors (Lipinski definition) is 1. The predicted molar refractivity (Wildman–Crippen MR) is 55.7 cm³/mol. The molecular weight excluding hydrogens is 158 g/mol. The molecule has 0 fully saturated rings. The van der Waals surface area contributed by atoms with Crippen LogP contribution in [0.4, 0.5) is 0 Å². The van der Waals surface area contributed by atoms with E-state index in [-0.39, 0.29) is 5.54 Å². The fraction of sp³-hybridized carbons (Fsp3) is 0.500. The summed E-state index contributed by atoms with van der Waals surface area (Å²) in [5, 5.41) is 0. The molecule has 1 nitrogen and oxygen atoms in total. The van der Waals surface area contributed by atoms with E-state index in [0.29, 0.717) is 0 Å². The topological polar surface area (TPSA) is 26.0 Å². The Balaban J connectivity index is 2.54. The minimum atomic E-state index is -0.185. The molecule has 0 spiro atoms. The number of hydrogen-bond acceptors (Lipinski definition) is 1. The molecule has 0 radical (unpaired) electrons. The lowest BCUT2D eigenvalue weighted by Crippen LogP contribution is -2.30. The van der Waals surface area contributed by atoms with Crippen molar-refractivity contribution in [2.45, 2.75) is 38.6 Å². The molecule has 1 aliphatic carbocycles. The van der Waals surface area contributed by atoms with Crippen molar-refractivity contribution in [1.29, 1.82) is 0 Å². The Bertz CT molecular complexity index is 320. The molecule has 2 rings (SSSR count). The molecular formula is C12H17N. The van der Waals surface area contributed by atoms with Gasteiger partial charge in [-0.2, -0.15) is 0 Å². The molecule has 0 unspecified atom stereocenters. The van der Waals surface area contributed by atoms with Crippen LogP contribution in [0.15, 0.2) is 18.2 Å². The normalized spacial score (nSPS) is 15.9. The first kappa shape index (κ1) is 8.76. The number of benzene rings is 1. The predicted octanol–water partition coefficient (Wildman–Crippen LogP) is 2.37. The van der Waals surface area contributed by atoms with E-state index in [1.54, 1.807) is 0 Å². The molecule has 0 saturated heterocycles. The van der Waals surface area contributed by atoms with E-state index >= 15 is 0 Å². The lowest BCUT2D eigenvalue weighted by Gasteiger charge is -2.22. The Morgan fingerprint density at radius 2 is 2.00 bits per heavy atom. The standard InChI is InChI=1S/C12H17N/c1-12(2,13)11-8-4-6-9-5-3-7-10(9)11/h4,6,8H,3,5,7,13H2,1-2H3. The summed E-state index contributed by atoms with van der Waals surface area (Å²) in [6.45, 7) is 4.17. The average molecular weight is 175 g/mol. The zero-order valence-corrected chi connectivity index (χ0v) is 8.43. The van der Waals surface area contributed by atoms with E-state index < -0.39 is 0 Å². The van der Waals surface area contributed by atoms with Gasteiger partial charge < -0.3 is 5.73 Å². The van der Waals surface area contributed by atoms with Crippen LogP contribution in [0.2, 0.25) is 0 Å². The van der Waals surface area contributed by atoms with Crippen molar-refractivity contribution in [3.8, 4) is 0 Å². The van der Waals surface area contributed by atoms with Gasteiger partial charge in [-0.25, -0.2) is 0 Å². The van der Waals surface area contributed by atoms with Gasteiger partial charge in [0.25, 0.3) is 0 Å².